The molecule has 112 valence electrons. The molecule has 23 heavy (non-hydrogen) atoms. The SMILES string of the molecule is O=C1OC(=O)c2cc(Oc3cccc4c3C(=O)OC4=O)ccc21. The highest BCUT2D eigenvalue weighted by Gasteiger charge is 2.34. The normalized spacial score (nSPS) is 15.1. The zero-order valence-electron chi connectivity index (χ0n) is 11.3. The minimum absolute atomic E-state index is 0.0247. The Morgan fingerprint density at radius 1 is 0.696 bits per heavy atom. The van der Waals surface area contributed by atoms with Crippen molar-refractivity contribution in [2.24, 2.45) is 0 Å². The van der Waals surface area contributed by atoms with Crippen molar-refractivity contribution < 1.29 is 33.4 Å². The van der Waals surface area contributed by atoms with E-state index in [4.69, 9.17) is 4.74 Å². The third kappa shape index (κ3) is 1.90. The van der Waals surface area contributed by atoms with E-state index >= 15 is 0 Å². The molecule has 2 aliphatic rings. The summed E-state index contributed by atoms with van der Waals surface area (Å²) < 4.78 is 14.6. The number of fused-ring (bicyclic) bond motifs is 2. The lowest BCUT2D eigenvalue weighted by Gasteiger charge is -2.08. The first kappa shape index (κ1) is 13.2. The molecule has 7 heteroatoms. The van der Waals surface area contributed by atoms with Gasteiger partial charge in [0.25, 0.3) is 0 Å². The fraction of sp³-hybridized carbons (Fsp3) is 0. The van der Waals surface area contributed by atoms with Crippen LogP contribution < -0.4 is 4.74 Å². The second-order valence-electron chi connectivity index (χ2n) is 4.84. The van der Waals surface area contributed by atoms with E-state index in [1.165, 1.54) is 30.3 Å². The Morgan fingerprint density at radius 3 is 2.22 bits per heavy atom. The van der Waals surface area contributed by atoms with E-state index in [1.807, 2.05) is 0 Å². The Kier molecular flexibility index (Phi) is 2.59. The van der Waals surface area contributed by atoms with Crippen LogP contribution in [0.5, 0.6) is 11.5 Å². The molecule has 2 aromatic rings. The van der Waals surface area contributed by atoms with Gasteiger partial charge in [0, 0.05) is 0 Å². The zero-order valence-corrected chi connectivity index (χ0v) is 11.3. The molecule has 4 rings (SSSR count). The van der Waals surface area contributed by atoms with Gasteiger partial charge in [-0.3, -0.25) is 0 Å². The first-order chi connectivity index (χ1) is 11.0. The predicted molar refractivity (Wildman–Crippen MR) is 72.5 cm³/mol. The molecule has 0 spiro atoms. The van der Waals surface area contributed by atoms with Gasteiger partial charge in [-0.1, -0.05) is 6.07 Å². The van der Waals surface area contributed by atoms with Crippen LogP contribution >= 0.6 is 0 Å². The van der Waals surface area contributed by atoms with Crippen molar-refractivity contribution in [1.82, 2.24) is 0 Å². The zero-order chi connectivity index (χ0) is 16.1. The van der Waals surface area contributed by atoms with Gasteiger partial charge in [0.1, 0.15) is 17.1 Å². The van der Waals surface area contributed by atoms with Gasteiger partial charge in [0.2, 0.25) is 0 Å². The number of hydrogen-bond donors (Lipinski definition) is 0. The van der Waals surface area contributed by atoms with E-state index in [2.05, 4.69) is 9.47 Å². The van der Waals surface area contributed by atoms with Crippen molar-refractivity contribution in [3.63, 3.8) is 0 Å². The minimum Gasteiger partial charge on any atom is -0.456 e. The number of benzene rings is 2. The number of carbonyl (C=O) groups excluding carboxylic acids is 4. The number of ether oxygens (including phenoxy) is 3. The molecule has 0 amide bonds. The fourth-order valence-electron chi connectivity index (χ4n) is 2.44. The summed E-state index contributed by atoms with van der Waals surface area (Å²) in [4.78, 5) is 46.2. The van der Waals surface area contributed by atoms with Crippen molar-refractivity contribution in [3.05, 3.63) is 58.7 Å². The van der Waals surface area contributed by atoms with Crippen molar-refractivity contribution in [2.45, 2.75) is 0 Å². The Balaban J connectivity index is 1.75. The van der Waals surface area contributed by atoms with Crippen LogP contribution in [-0.4, -0.2) is 23.9 Å². The van der Waals surface area contributed by atoms with Gasteiger partial charge in [0.05, 0.1) is 16.7 Å². The summed E-state index contributed by atoms with van der Waals surface area (Å²) in [6.45, 7) is 0. The van der Waals surface area contributed by atoms with Gasteiger partial charge in [-0.05, 0) is 30.3 Å². The lowest BCUT2D eigenvalue weighted by molar-refractivity contribution is 0.0425. The standard InChI is InChI=1S/C16H6O7/c17-13-8-5-4-7(6-10(8)15(19)22-13)21-11-3-1-2-9-12(11)16(20)23-14(9)18/h1-6H. The van der Waals surface area contributed by atoms with E-state index in [1.54, 1.807) is 6.07 Å². The summed E-state index contributed by atoms with van der Waals surface area (Å²) >= 11 is 0. The largest absolute Gasteiger partial charge is 0.456 e. The summed E-state index contributed by atoms with van der Waals surface area (Å²) in [6.07, 6.45) is 0. The molecule has 0 N–H and O–H groups in total. The number of cyclic esters (lactones) is 4. The van der Waals surface area contributed by atoms with Crippen molar-refractivity contribution in [2.75, 3.05) is 0 Å². The van der Waals surface area contributed by atoms with Crippen molar-refractivity contribution >= 4 is 23.9 Å². The van der Waals surface area contributed by atoms with E-state index in [-0.39, 0.29) is 33.8 Å². The summed E-state index contributed by atoms with van der Waals surface area (Å²) in [6, 6.07) is 8.68. The summed E-state index contributed by atoms with van der Waals surface area (Å²) in [5.41, 5.74) is 0.369. The van der Waals surface area contributed by atoms with Gasteiger partial charge in [-0.25, -0.2) is 19.2 Å². The quantitative estimate of drug-likeness (QED) is 0.619. The van der Waals surface area contributed by atoms with Crippen molar-refractivity contribution in [3.8, 4) is 11.5 Å². The highest BCUT2D eigenvalue weighted by atomic mass is 16.6. The lowest BCUT2D eigenvalue weighted by atomic mass is 10.1. The molecule has 0 saturated carbocycles. The van der Waals surface area contributed by atoms with Crippen molar-refractivity contribution in [1.29, 1.82) is 0 Å². The van der Waals surface area contributed by atoms with Crippen LogP contribution in [0.25, 0.3) is 0 Å². The van der Waals surface area contributed by atoms with Gasteiger partial charge < -0.3 is 14.2 Å². The van der Waals surface area contributed by atoms with Crippen LogP contribution in [0.1, 0.15) is 41.4 Å². The summed E-state index contributed by atoms with van der Waals surface area (Å²) in [7, 11) is 0. The van der Waals surface area contributed by atoms with E-state index in [0.717, 1.165) is 0 Å². The van der Waals surface area contributed by atoms with Gasteiger partial charge in [0.15, 0.2) is 0 Å². The van der Waals surface area contributed by atoms with Gasteiger partial charge >= 0.3 is 23.9 Å². The molecule has 0 atom stereocenters. The summed E-state index contributed by atoms with van der Waals surface area (Å²) in [5.74, 6) is -2.67. The van der Waals surface area contributed by atoms with Crippen LogP contribution in [0, 0.1) is 0 Å². The molecule has 2 aromatic carbocycles. The predicted octanol–water partition coefficient (Wildman–Crippen LogP) is 2.10. The molecular formula is C16H6O7. The highest BCUT2D eigenvalue weighted by molar-refractivity contribution is 6.16. The maximum atomic E-state index is 11.7. The maximum absolute atomic E-state index is 11.7. The number of esters is 4. The smallest absolute Gasteiger partial charge is 0.350 e. The average molecular weight is 310 g/mol. The van der Waals surface area contributed by atoms with E-state index < -0.39 is 23.9 Å². The molecule has 0 aromatic heterocycles. The van der Waals surface area contributed by atoms with Crippen LogP contribution in [0.3, 0.4) is 0 Å². The molecule has 0 bridgehead atoms. The number of carbonyl (C=O) groups is 4. The first-order valence-corrected chi connectivity index (χ1v) is 6.52. The first-order valence-electron chi connectivity index (χ1n) is 6.52. The highest BCUT2D eigenvalue weighted by Crippen LogP contribution is 2.34. The second-order valence-corrected chi connectivity index (χ2v) is 4.84. The average Bonchev–Trinajstić information content (AvgIpc) is 2.97. The molecule has 7 nitrogen and oxygen atoms in total. The fourth-order valence-corrected chi connectivity index (χ4v) is 2.44. The molecule has 0 saturated heterocycles. The molecule has 0 fully saturated rings. The number of hydrogen-bond acceptors (Lipinski definition) is 7. The molecule has 0 aliphatic carbocycles. The van der Waals surface area contributed by atoms with Gasteiger partial charge in [-0.15, -0.1) is 0 Å². The van der Waals surface area contributed by atoms with Gasteiger partial charge in [-0.2, -0.15) is 0 Å². The Labute approximate surface area is 128 Å². The Morgan fingerprint density at radius 2 is 1.39 bits per heavy atom. The van der Waals surface area contributed by atoms with E-state index in [9.17, 15) is 19.2 Å². The third-order valence-corrected chi connectivity index (χ3v) is 3.48. The Hall–Kier alpha value is -3.48. The molecule has 2 heterocycles. The molecule has 0 unspecified atom stereocenters. The topological polar surface area (TPSA) is 96.0 Å². The molecular weight excluding hydrogens is 304 g/mol. The minimum atomic E-state index is -0.795. The molecule has 0 radical (unpaired) electrons. The third-order valence-electron chi connectivity index (χ3n) is 3.48. The number of rotatable bonds is 2. The second kappa shape index (κ2) is 4.51. The summed E-state index contributed by atoms with van der Waals surface area (Å²) in [5, 5.41) is 0. The molecule has 2 aliphatic heterocycles. The van der Waals surface area contributed by atoms with Crippen LogP contribution in [0.15, 0.2) is 36.4 Å². The van der Waals surface area contributed by atoms with Crippen LogP contribution in [-0.2, 0) is 9.47 Å². The van der Waals surface area contributed by atoms with E-state index in [0.29, 0.717) is 0 Å². The maximum Gasteiger partial charge on any atom is 0.350 e. The van der Waals surface area contributed by atoms with Crippen LogP contribution in [0.2, 0.25) is 0 Å². The monoisotopic (exact) mass is 310 g/mol. The van der Waals surface area contributed by atoms with Crippen LogP contribution in [0.4, 0.5) is 0 Å². The Bertz CT molecular complexity index is 926. The lowest BCUT2D eigenvalue weighted by Crippen LogP contribution is -1.99.